The summed E-state index contributed by atoms with van der Waals surface area (Å²) in [7, 11) is 0. The van der Waals surface area contributed by atoms with Gasteiger partial charge in [0, 0.05) is 11.1 Å². The third kappa shape index (κ3) is 7.41. The monoisotopic (exact) mass is 669 g/mol. The van der Waals surface area contributed by atoms with Crippen LogP contribution in [-0.2, 0) is 0 Å². The van der Waals surface area contributed by atoms with Crippen LogP contribution in [0, 0.1) is 0 Å². The predicted molar refractivity (Wildman–Crippen MR) is 160 cm³/mol. The number of rotatable bonds is 7. The maximum Gasteiger partial charge on any atom is 0.388 e. The number of alkyl halides is 2. The van der Waals surface area contributed by atoms with E-state index in [1.54, 1.807) is 12.4 Å². The minimum atomic E-state index is -3.06. The summed E-state index contributed by atoms with van der Waals surface area (Å²) in [5, 5.41) is 22.8. The Kier molecular flexibility index (Phi) is 10.0. The first kappa shape index (κ1) is 32.6. The summed E-state index contributed by atoms with van der Waals surface area (Å²) < 4.78 is 31.7. The molecule has 0 aromatic carbocycles. The molecule has 0 saturated heterocycles. The lowest BCUT2D eigenvalue weighted by Crippen LogP contribution is -2.21. The number of anilines is 2. The van der Waals surface area contributed by atoms with E-state index in [1.807, 2.05) is 27.7 Å². The number of aromatic carboxylic acids is 1. The number of carbonyl (C=O) groups excluding carboxylic acids is 1. The number of hydrogen-bond acceptors (Lipinski definition) is 8. The molecular formula is C26H24Cl3F2N9O4. The summed E-state index contributed by atoms with van der Waals surface area (Å²) in [5.74, 6) is -1.38. The van der Waals surface area contributed by atoms with Crippen molar-refractivity contribution in [2.75, 3.05) is 10.6 Å². The van der Waals surface area contributed by atoms with Crippen molar-refractivity contribution < 1.29 is 28.2 Å². The van der Waals surface area contributed by atoms with E-state index in [1.165, 1.54) is 27.5 Å². The molecule has 2 amide bonds. The molecular weight excluding hydrogens is 647 g/mol. The Morgan fingerprint density at radius 3 is 1.98 bits per heavy atom. The summed E-state index contributed by atoms with van der Waals surface area (Å²) in [4.78, 5) is 35.4. The summed E-state index contributed by atoms with van der Waals surface area (Å²) >= 11 is 17.5. The van der Waals surface area contributed by atoms with Crippen molar-refractivity contribution in [1.29, 1.82) is 0 Å². The third-order valence-corrected chi connectivity index (χ3v) is 6.54. The third-order valence-electron chi connectivity index (χ3n) is 5.90. The number of urea groups is 1. The van der Waals surface area contributed by atoms with E-state index in [-0.39, 0.29) is 33.3 Å². The van der Waals surface area contributed by atoms with Crippen LogP contribution < -0.4 is 15.4 Å². The highest BCUT2D eigenvalue weighted by Crippen LogP contribution is 2.30. The predicted octanol–water partition coefficient (Wildman–Crippen LogP) is 7.00. The van der Waals surface area contributed by atoms with Gasteiger partial charge in [-0.3, -0.25) is 0 Å². The lowest BCUT2D eigenvalue weighted by Gasteiger charge is -2.15. The largest absolute Gasteiger partial charge is 0.478 e. The molecule has 0 spiro atoms. The number of amides is 2. The van der Waals surface area contributed by atoms with Crippen molar-refractivity contribution in [2.45, 2.75) is 46.1 Å². The number of carboxylic acids is 1. The van der Waals surface area contributed by atoms with Crippen LogP contribution in [0.25, 0.3) is 11.3 Å². The van der Waals surface area contributed by atoms with Crippen molar-refractivity contribution in [3.8, 4) is 5.88 Å². The molecule has 0 aliphatic rings. The topological polar surface area (TPSA) is 161 Å². The SMILES string of the molecule is CC(C)c1c(C(=O)O)cnn2cc(Cl)nc12.CC(C)c1c(NC(=O)Nc2cnc(OC(F)F)c(Cl)c2)cnn2cc(Cl)nc12. The Morgan fingerprint density at radius 2 is 1.45 bits per heavy atom. The lowest BCUT2D eigenvalue weighted by molar-refractivity contribution is -0.0527. The van der Waals surface area contributed by atoms with Crippen LogP contribution in [0.15, 0.2) is 37.1 Å². The number of carbonyl (C=O) groups is 2. The van der Waals surface area contributed by atoms with Crippen molar-refractivity contribution in [2.24, 2.45) is 0 Å². The number of pyridine rings is 1. The van der Waals surface area contributed by atoms with Crippen LogP contribution in [0.5, 0.6) is 5.88 Å². The molecule has 0 radical (unpaired) electrons. The van der Waals surface area contributed by atoms with E-state index in [0.29, 0.717) is 27.7 Å². The molecule has 0 aliphatic heterocycles. The lowest BCUT2D eigenvalue weighted by atomic mass is 10.00. The second-order valence-electron chi connectivity index (χ2n) is 9.69. The normalized spacial score (nSPS) is 11.3. The molecule has 5 heterocycles. The molecule has 5 aromatic heterocycles. The highest BCUT2D eigenvalue weighted by molar-refractivity contribution is 6.32. The first-order valence-electron chi connectivity index (χ1n) is 12.7. The number of fused-ring (bicyclic) bond motifs is 2. The van der Waals surface area contributed by atoms with Crippen LogP contribution in [0.3, 0.4) is 0 Å². The fraction of sp³-hybridized carbons (Fsp3) is 0.269. The fourth-order valence-electron chi connectivity index (χ4n) is 4.21. The summed E-state index contributed by atoms with van der Waals surface area (Å²) in [6.45, 7) is 4.63. The molecule has 5 aromatic rings. The Bertz CT molecular complexity index is 1850. The average molecular weight is 671 g/mol. The highest BCUT2D eigenvalue weighted by atomic mass is 35.5. The number of carboxylic acid groups (broad SMARTS) is 1. The molecule has 0 unspecified atom stereocenters. The molecule has 0 bridgehead atoms. The molecule has 0 saturated carbocycles. The van der Waals surface area contributed by atoms with E-state index in [9.17, 15) is 18.4 Å². The quantitative estimate of drug-likeness (QED) is 0.165. The number of ether oxygens (including phenoxy) is 1. The number of imidazole rings is 2. The molecule has 18 heteroatoms. The summed E-state index contributed by atoms with van der Waals surface area (Å²) in [6, 6.07) is 0.636. The number of nitrogens with zero attached hydrogens (tertiary/aromatic N) is 7. The second kappa shape index (κ2) is 13.5. The van der Waals surface area contributed by atoms with Gasteiger partial charge in [-0.2, -0.15) is 19.0 Å². The first-order valence-corrected chi connectivity index (χ1v) is 13.9. The molecule has 0 fully saturated rings. The first-order chi connectivity index (χ1) is 20.7. The standard InChI is InChI=1S/C16H14Cl2F2N6O2.C10H10ClN3O2/c1-7(2)12-10(5-22-26-6-11(18)25-13(12)26)24-16(27)23-8-3-9(17)14(21-4-8)28-15(19)20;1-5(2)8-6(10(15)16)3-12-14-4-7(11)13-9(8)14/h3-7,15H,1-2H3,(H2,23,24,27);3-5H,1-2H3,(H,15,16). The van der Waals surface area contributed by atoms with Gasteiger partial charge in [0.1, 0.15) is 15.3 Å². The molecule has 13 nitrogen and oxygen atoms in total. The molecule has 3 N–H and O–H groups in total. The molecule has 0 aliphatic carbocycles. The summed E-state index contributed by atoms with van der Waals surface area (Å²) in [5.41, 5.74) is 3.22. The van der Waals surface area contributed by atoms with Gasteiger partial charge < -0.3 is 20.5 Å². The Labute approximate surface area is 263 Å². The minimum Gasteiger partial charge on any atom is -0.478 e. The van der Waals surface area contributed by atoms with Gasteiger partial charge in [0.25, 0.3) is 0 Å². The van der Waals surface area contributed by atoms with Gasteiger partial charge in [0.05, 0.1) is 47.9 Å². The van der Waals surface area contributed by atoms with Crippen molar-refractivity contribution in [1.82, 2.24) is 34.2 Å². The zero-order valence-electron chi connectivity index (χ0n) is 23.4. The van der Waals surface area contributed by atoms with E-state index in [0.717, 1.165) is 11.8 Å². The number of hydrogen-bond donors (Lipinski definition) is 3. The van der Waals surface area contributed by atoms with Gasteiger partial charge in [-0.05, 0) is 17.9 Å². The zero-order valence-corrected chi connectivity index (χ0v) is 25.7. The van der Waals surface area contributed by atoms with Crippen LogP contribution in [0.2, 0.25) is 15.3 Å². The number of aromatic nitrogens is 7. The number of halogens is 5. The van der Waals surface area contributed by atoms with Gasteiger partial charge >= 0.3 is 18.6 Å². The van der Waals surface area contributed by atoms with E-state index in [2.05, 4.69) is 40.5 Å². The van der Waals surface area contributed by atoms with Gasteiger partial charge in [0.2, 0.25) is 5.88 Å². The molecule has 232 valence electrons. The van der Waals surface area contributed by atoms with Gasteiger partial charge in [0.15, 0.2) is 11.3 Å². The second-order valence-corrected chi connectivity index (χ2v) is 10.9. The smallest absolute Gasteiger partial charge is 0.388 e. The van der Waals surface area contributed by atoms with E-state index in [4.69, 9.17) is 39.9 Å². The van der Waals surface area contributed by atoms with Crippen molar-refractivity contribution >= 4 is 69.5 Å². The molecule has 0 atom stereocenters. The van der Waals surface area contributed by atoms with E-state index >= 15 is 0 Å². The highest BCUT2D eigenvalue weighted by Gasteiger charge is 2.20. The van der Waals surface area contributed by atoms with Crippen LogP contribution in [-0.4, -0.2) is 57.9 Å². The van der Waals surface area contributed by atoms with E-state index < -0.39 is 24.5 Å². The Morgan fingerprint density at radius 1 is 0.886 bits per heavy atom. The van der Waals surface area contributed by atoms with Crippen LogP contribution in [0.1, 0.15) is 61.0 Å². The maximum atomic E-state index is 12.3. The fourth-order valence-corrected chi connectivity index (χ4v) is 4.76. The summed E-state index contributed by atoms with van der Waals surface area (Å²) in [6.07, 6.45) is 7.05. The zero-order chi connectivity index (χ0) is 32.3. The van der Waals surface area contributed by atoms with Crippen molar-refractivity contribution in [3.63, 3.8) is 0 Å². The van der Waals surface area contributed by atoms with Gasteiger partial charge in [-0.15, -0.1) is 0 Å². The Hall–Kier alpha value is -4.34. The molecule has 44 heavy (non-hydrogen) atoms. The van der Waals surface area contributed by atoms with Crippen molar-refractivity contribution in [3.05, 3.63) is 69.1 Å². The molecule has 5 rings (SSSR count). The average Bonchev–Trinajstić information content (AvgIpc) is 3.49. The maximum absolute atomic E-state index is 12.3. The van der Waals surface area contributed by atoms with Gasteiger partial charge in [-0.1, -0.05) is 62.5 Å². The number of nitrogens with one attached hydrogen (secondary N) is 2. The minimum absolute atomic E-state index is 0.0150. The van der Waals surface area contributed by atoms with Crippen LogP contribution in [0.4, 0.5) is 25.0 Å². The Balaban J connectivity index is 0.000000233. The van der Waals surface area contributed by atoms with Crippen LogP contribution >= 0.6 is 34.8 Å². The van der Waals surface area contributed by atoms with Gasteiger partial charge in [-0.25, -0.2) is 33.6 Å².